The van der Waals surface area contributed by atoms with Gasteiger partial charge in [0, 0.05) is 23.5 Å². The predicted octanol–water partition coefficient (Wildman–Crippen LogP) is 7.17. The first-order valence-corrected chi connectivity index (χ1v) is 11.4. The normalized spacial score (nSPS) is 12.7. The number of anilines is 2. The van der Waals surface area contributed by atoms with Gasteiger partial charge < -0.3 is 10.6 Å². The third-order valence-electron chi connectivity index (χ3n) is 5.95. The molecule has 0 saturated carbocycles. The maximum Gasteiger partial charge on any atom is 0.0431 e. The quantitative estimate of drug-likeness (QED) is 0.300. The molecule has 0 aliphatic rings. The highest BCUT2D eigenvalue weighted by molar-refractivity contribution is 5.49. The average molecular weight is 421 g/mol. The smallest absolute Gasteiger partial charge is 0.0431 e. The molecule has 2 atom stereocenters. The maximum absolute atomic E-state index is 3.63. The van der Waals surface area contributed by atoms with E-state index in [1.807, 2.05) is 0 Å². The van der Waals surface area contributed by atoms with Crippen LogP contribution in [-0.2, 0) is 12.8 Å². The molecule has 0 saturated heterocycles. The van der Waals surface area contributed by atoms with E-state index in [0.29, 0.717) is 12.1 Å². The third-order valence-corrected chi connectivity index (χ3v) is 5.95. The topological polar surface area (TPSA) is 24.1 Å². The van der Waals surface area contributed by atoms with Crippen molar-refractivity contribution in [3.63, 3.8) is 0 Å². The Morgan fingerprint density at radius 3 is 1.09 bits per heavy atom. The van der Waals surface area contributed by atoms with Crippen molar-refractivity contribution in [2.45, 2.75) is 38.8 Å². The summed E-state index contributed by atoms with van der Waals surface area (Å²) in [5, 5.41) is 7.27. The fourth-order valence-electron chi connectivity index (χ4n) is 3.88. The minimum Gasteiger partial charge on any atom is -0.381 e. The predicted molar refractivity (Wildman–Crippen MR) is 138 cm³/mol. The van der Waals surface area contributed by atoms with E-state index in [1.165, 1.54) is 22.3 Å². The average Bonchev–Trinajstić information content (AvgIpc) is 2.83. The van der Waals surface area contributed by atoms with Gasteiger partial charge in [0.25, 0.3) is 0 Å². The summed E-state index contributed by atoms with van der Waals surface area (Å²) in [5.74, 6) is 0. The third kappa shape index (κ3) is 6.24. The Morgan fingerprint density at radius 2 is 0.750 bits per heavy atom. The van der Waals surface area contributed by atoms with Crippen molar-refractivity contribution in [2.75, 3.05) is 10.6 Å². The van der Waals surface area contributed by atoms with Crippen LogP contribution in [0.2, 0.25) is 0 Å². The fraction of sp³-hybridized carbons (Fsp3) is 0.200. The molecular formula is C30H32N2. The number of nitrogens with one attached hydrogen (secondary N) is 2. The van der Waals surface area contributed by atoms with Gasteiger partial charge in [0.1, 0.15) is 0 Å². The second kappa shape index (κ2) is 10.7. The molecule has 0 spiro atoms. The first-order valence-electron chi connectivity index (χ1n) is 11.4. The van der Waals surface area contributed by atoms with Gasteiger partial charge >= 0.3 is 0 Å². The highest BCUT2D eigenvalue weighted by Crippen LogP contribution is 2.18. The molecule has 0 aliphatic heterocycles. The summed E-state index contributed by atoms with van der Waals surface area (Å²) in [6.45, 7) is 4.44. The first-order chi connectivity index (χ1) is 15.7. The Morgan fingerprint density at radius 1 is 0.438 bits per heavy atom. The van der Waals surface area contributed by atoms with Crippen LogP contribution in [0.5, 0.6) is 0 Å². The summed E-state index contributed by atoms with van der Waals surface area (Å²) in [6.07, 6.45) is 1.93. The minimum atomic E-state index is 0.291. The van der Waals surface area contributed by atoms with Gasteiger partial charge in [0.05, 0.1) is 0 Å². The zero-order chi connectivity index (χ0) is 22.2. The largest absolute Gasteiger partial charge is 0.381 e. The van der Waals surface area contributed by atoms with Crippen molar-refractivity contribution in [1.29, 1.82) is 0 Å². The number of hydrogen-bond acceptors (Lipinski definition) is 2. The van der Waals surface area contributed by atoms with Crippen molar-refractivity contribution in [3.8, 4) is 0 Å². The summed E-state index contributed by atoms with van der Waals surface area (Å²) in [5.41, 5.74) is 7.65. The van der Waals surface area contributed by atoms with E-state index in [0.717, 1.165) is 24.2 Å². The summed E-state index contributed by atoms with van der Waals surface area (Å²) in [4.78, 5) is 0. The monoisotopic (exact) mass is 420 g/mol. The molecule has 0 radical (unpaired) electrons. The highest BCUT2D eigenvalue weighted by atomic mass is 15.0. The van der Waals surface area contributed by atoms with E-state index < -0.39 is 0 Å². The lowest BCUT2D eigenvalue weighted by Gasteiger charge is -2.24. The van der Waals surface area contributed by atoms with Gasteiger partial charge in [-0.05, 0) is 73.2 Å². The van der Waals surface area contributed by atoms with Crippen LogP contribution in [0.15, 0.2) is 109 Å². The molecule has 4 rings (SSSR count). The molecule has 0 aliphatic carbocycles. The van der Waals surface area contributed by atoms with Crippen molar-refractivity contribution < 1.29 is 0 Å². The molecule has 4 aromatic carbocycles. The van der Waals surface area contributed by atoms with Crippen LogP contribution >= 0.6 is 0 Å². The van der Waals surface area contributed by atoms with Crippen molar-refractivity contribution >= 4 is 11.4 Å². The molecule has 0 aromatic heterocycles. The zero-order valence-corrected chi connectivity index (χ0v) is 19.0. The summed E-state index contributed by atoms with van der Waals surface area (Å²) in [6, 6.07) is 39.4. The van der Waals surface area contributed by atoms with E-state index in [-0.39, 0.29) is 0 Å². The van der Waals surface area contributed by atoms with E-state index >= 15 is 0 Å². The number of hydrogen-bond donors (Lipinski definition) is 2. The van der Waals surface area contributed by atoms with E-state index in [2.05, 4.69) is 134 Å². The Hall–Kier alpha value is -3.52. The lowest BCUT2D eigenvalue weighted by atomic mass is 10.0. The van der Waals surface area contributed by atoms with Crippen molar-refractivity contribution in [2.24, 2.45) is 0 Å². The van der Waals surface area contributed by atoms with Crippen LogP contribution in [0.1, 0.15) is 36.1 Å². The van der Waals surface area contributed by atoms with Gasteiger partial charge in [0.2, 0.25) is 0 Å². The second-order valence-corrected chi connectivity index (χ2v) is 8.58. The van der Waals surface area contributed by atoms with Crippen LogP contribution in [0.25, 0.3) is 0 Å². The SMILES string of the molecule is CC(Nc1ccc(Cc2ccccc2)cc1)C(C)Nc1ccc(Cc2ccccc2)cc1. The molecule has 162 valence electrons. The number of rotatable bonds is 9. The van der Waals surface area contributed by atoms with Gasteiger partial charge in [0.15, 0.2) is 0 Å². The lowest BCUT2D eigenvalue weighted by Crippen LogP contribution is -2.34. The van der Waals surface area contributed by atoms with Crippen LogP contribution < -0.4 is 10.6 Å². The van der Waals surface area contributed by atoms with Crippen LogP contribution in [0.4, 0.5) is 11.4 Å². The van der Waals surface area contributed by atoms with Gasteiger partial charge in [-0.15, -0.1) is 0 Å². The van der Waals surface area contributed by atoms with Crippen molar-refractivity contribution in [1.82, 2.24) is 0 Å². The lowest BCUT2D eigenvalue weighted by molar-refractivity contribution is 0.677. The Balaban J connectivity index is 1.28. The van der Waals surface area contributed by atoms with Crippen LogP contribution in [0, 0.1) is 0 Å². The van der Waals surface area contributed by atoms with E-state index in [1.54, 1.807) is 0 Å². The summed E-state index contributed by atoms with van der Waals surface area (Å²) < 4.78 is 0. The molecule has 2 heteroatoms. The van der Waals surface area contributed by atoms with Gasteiger partial charge in [-0.1, -0.05) is 84.9 Å². The molecular weight excluding hydrogens is 388 g/mol. The Labute approximate surface area is 192 Å². The molecule has 0 amide bonds. The highest BCUT2D eigenvalue weighted by Gasteiger charge is 2.12. The van der Waals surface area contributed by atoms with E-state index in [9.17, 15) is 0 Å². The Kier molecular flexibility index (Phi) is 7.24. The molecule has 2 N–H and O–H groups in total. The van der Waals surface area contributed by atoms with Gasteiger partial charge in [-0.3, -0.25) is 0 Å². The van der Waals surface area contributed by atoms with Crippen molar-refractivity contribution in [3.05, 3.63) is 131 Å². The summed E-state index contributed by atoms with van der Waals surface area (Å²) >= 11 is 0. The van der Waals surface area contributed by atoms with E-state index in [4.69, 9.17) is 0 Å². The zero-order valence-electron chi connectivity index (χ0n) is 19.0. The maximum atomic E-state index is 3.63. The minimum absolute atomic E-state index is 0.291. The molecule has 0 bridgehead atoms. The Bertz CT molecular complexity index is 980. The molecule has 4 aromatic rings. The van der Waals surface area contributed by atoms with Gasteiger partial charge in [-0.2, -0.15) is 0 Å². The standard InChI is InChI=1S/C30H32N2/c1-23(31-29-17-13-27(14-18-29)21-25-9-5-3-6-10-25)24(2)32-30-19-15-28(16-20-30)22-26-11-7-4-8-12-26/h3-20,23-24,31-32H,21-22H2,1-2H3. The molecule has 0 heterocycles. The number of benzene rings is 4. The molecule has 2 nitrogen and oxygen atoms in total. The second-order valence-electron chi connectivity index (χ2n) is 8.58. The summed E-state index contributed by atoms with van der Waals surface area (Å²) in [7, 11) is 0. The van der Waals surface area contributed by atoms with Gasteiger partial charge in [-0.25, -0.2) is 0 Å². The van der Waals surface area contributed by atoms with Crippen LogP contribution in [-0.4, -0.2) is 12.1 Å². The molecule has 0 fully saturated rings. The molecule has 32 heavy (non-hydrogen) atoms. The molecule has 2 unspecified atom stereocenters. The fourth-order valence-corrected chi connectivity index (χ4v) is 3.88. The van der Waals surface area contributed by atoms with Crippen LogP contribution in [0.3, 0.4) is 0 Å². The first kappa shape index (κ1) is 21.7.